The summed E-state index contributed by atoms with van der Waals surface area (Å²) in [4.78, 5) is 34.4. The lowest BCUT2D eigenvalue weighted by Gasteiger charge is -2.05. The monoisotopic (exact) mass is 330 g/mol. The van der Waals surface area contributed by atoms with E-state index in [0.717, 1.165) is 10.2 Å². The summed E-state index contributed by atoms with van der Waals surface area (Å²) in [5.41, 5.74) is 0.865. The number of carbonyl (C=O) groups is 1. The first kappa shape index (κ1) is 15.2. The number of nitrogens with one attached hydrogen (secondary N) is 2. The first-order valence-corrected chi connectivity index (χ1v) is 7.84. The van der Waals surface area contributed by atoms with Gasteiger partial charge in [-0.25, -0.2) is 4.98 Å². The van der Waals surface area contributed by atoms with Gasteiger partial charge in [-0.3, -0.25) is 9.59 Å². The highest BCUT2D eigenvalue weighted by atomic mass is 32.1. The Morgan fingerprint density at radius 2 is 2.17 bits per heavy atom. The minimum absolute atomic E-state index is 0.0138. The second kappa shape index (κ2) is 6.57. The largest absolute Gasteiger partial charge is 0.466 e. The van der Waals surface area contributed by atoms with Gasteiger partial charge < -0.3 is 15.0 Å². The van der Waals surface area contributed by atoms with Crippen molar-refractivity contribution in [3.05, 3.63) is 46.4 Å². The van der Waals surface area contributed by atoms with E-state index < -0.39 is 11.5 Å². The van der Waals surface area contributed by atoms with Crippen LogP contribution in [0.25, 0.3) is 10.2 Å². The van der Waals surface area contributed by atoms with E-state index in [1.165, 1.54) is 17.4 Å². The number of nitrogens with zero attached hydrogens (tertiary/aromatic N) is 2. The Hall–Kier alpha value is -2.74. The average molecular weight is 330 g/mol. The lowest BCUT2D eigenvalue weighted by molar-refractivity contribution is -0.142. The van der Waals surface area contributed by atoms with Crippen molar-refractivity contribution in [1.29, 1.82) is 0 Å². The molecule has 0 fully saturated rings. The smallest absolute Gasteiger partial charge is 0.311 e. The van der Waals surface area contributed by atoms with Crippen LogP contribution in [0.15, 0.2) is 35.1 Å². The van der Waals surface area contributed by atoms with Crippen LogP contribution < -0.4 is 10.9 Å². The zero-order valence-electron chi connectivity index (χ0n) is 12.3. The van der Waals surface area contributed by atoms with Crippen LogP contribution in [0, 0.1) is 0 Å². The fourth-order valence-electron chi connectivity index (χ4n) is 2.06. The van der Waals surface area contributed by atoms with Crippen LogP contribution >= 0.6 is 11.3 Å². The molecule has 2 heterocycles. The highest BCUT2D eigenvalue weighted by Gasteiger charge is 2.09. The molecule has 0 saturated carbocycles. The second-order valence-electron chi connectivity index (χ2n) is 4.69. The van der Waals surface area contributed by atoms with Gasteiger partial charge in [-0.15, -0.1) is 0 Å². The zero-order chi connectivity index (χ0) is 16.2. The molecule has 0 atom stereocenters. The lowest BCUT2D eigenvalue weighted by atomic mass is 10.3. The number of hydrogen-bond acceptors (Lipinski definition) is 7. The summed E-state index contributed by atoms with van der Waals surface area (Å²) in [5.74, 6) is -0.156. The van der Waals surface area contributed by atoms with E-state index in [-0.39, 0.29) is 12.4 Å². The molecule has 2 aromatic heterocycles. The van der Waals surface area contributed by atoms with Gasteiger partial charge >= 0.3 is 5.97 Å². The number of aromatic nitrogens is 3. The molecule has 0 radical (unpaired) electrons. The molecule has 0 aliphatic heterocycles. The van der Waals surface area contributed by atoms with Crippen LogP contribution in [0.2, 0.25) is 0 Å². The Kier molecular flexibility index (Phi) is 4.33. The Bertz CT molecular complexity index is 870. The third kappa shape index (κ3) is 3.72. The number of aromatic amines is 1. The number of fused-ring (bicyclic) bond motifs is 1. The summed E-state index contributed by atoms with van der Waals surface area (Å²) in [6.45, 7) is 2.03. The molecule has 3 rings (SSSR count). The zero-order valence-corrected chi connectivity index (χ0v) is 13.1. The van der Waals surface area contributed by atoms with E-state index in [4.69, 9.17) is 4.74 Å². The molecule has 0 aliphatic carbocycles. The van der Waals surface area contributed by atoms with Crippen LogP contribution in [-0.2, 0) is 16.0 Å². The minimum Gasteiger partial charge on any atom is -0.466 e. The number of rotatable bonds is 5. The van der Waals surface area contributed by atoms with Crippen LogP contribution in [0.5, 0.6) is 0 Å². The molecule has 0 unspecified atom stereocenters. The summed E-state index contributed by atoms with van der Waals surface area (Å²) < 4.78 is 5.90. The van der Waals surface area contributed by atoms with Gasteiger partial charge in [-0.05, 0) is 19.1 Å². The van der Waals surface area contributed by atoms with Crippen molar-refractivity contribution in [3.8, 4) is 0 Å². The quantitative estimate of drug-likeness (QED) is 0.696. The summed E-state index contributed by atoms with van der Waals surface area (Å²) in [6, 6.07) is 8.99. The third-order valence-electron chi connectivity index (χ3n) is 2.96. The van der Waals surface area contributed by atoms with E-state index in [0.29, 0.717) is 17.4 Å². The summed E-state index contributed by atoms with van der Waals surface area (Å²) in [7, 11) is 0. The maximum atomic E-state index is 11.7. The van der Waals surface area contributed by atoms with Gasteiger partial charge in [-0.1, -0.05) is 23.5 Å². The first-order chi connectivity index (χ1) is 11.1. The summed E-state index contributed by atoms with van der Waals surface area (Å²) in [6.07, 6.45) is -0.0138. The molecule has 8 heteroatoms. The van der Waals surface area contributed by atoms with Crippen molar-refractivity contribution in [2.45, 2.75) is 13.3 Å². The van der Waals surface area contributed by atoms with Crippen LogP contribution in [-0.4, -0.2) is 27.5 Å². The maximum Gasteiger partial charge on any atom is 0.311 e. The third-order valence-corrected chi connectivity index (χ3v) is 3.91. The molecule has 23 heavy (non-hydrogen) atoms. The Labute approximate surface area is 135 Å². The highest BCUT2D eigenvalue weighted by molar-refractivity contribution is 7.22. The predicted octanol–water partition coefficient (Wildman–Crippen LogP) is 2.23. The van der Waals surface area contributed by atoms with Crippen LogP contribution in [0.3, 0.4) is 0 Å². The molecule has 118 valence electrons. The molecule has 0 saturated heterocycles. The summed E-state index contributed by atoms with van der Waals surface area (Å²) >= 11 is 1.45. The van der Waals surface area contributed by atoms with Gasteiger partial charge in [0.25, 0.3) is 5.56 Å². The molecule has 1 aromatic carbocycles. The van der Waals surface area contributed by atoms with Crippen LogP contribution in [0.1, 0.15) is 12.6 Å². The molecule has 7 nitrogen and oxygen atoms in total. The van der Waals surface area contributed by atoms with E-state index in [9.17, 15) is 9.59 Å². The number of carbonyl (C=O) groups excluding carboxylic acids is 1. The standard InChI is InChI=1S/C15H14N4O3S/c1-2-22-13(21)8-9-7-12(20)18-14(16-9)19-15-17-10-5-3-4-6-11(10)23-15/h3-7H,2,8H2,1H3,(H2,16,17,18,19,20). The normalized spacial score (nSPS) is 10.7. The van der Waals surface area contributed by atoms with E-state index in [1.807, 2.05) is 24.3 Å². The number of anilines is 2. The van der Waals surface area contributed by atoms with Gasteiger partial charge in [-0.2, -0.15) is 4.98 Å². The topological polar surface area (TPSA) is 97.0 Å². The van der Waals surface area contributed by atoms with Crippen molar-refractivity contribution in [1.82, 2.24) is 15.0 Å². The fourth-order valence-corrected chi connectivity index (χ4v) is 2.92. The number of hydrogen-bond donors (Lipinski definition) is 2. The van der Waals surface area contributed by atoms with Crippen molar-refractivity contribution < 1.29 is 9.53 Å². The average Bonchev–Trinajstić information content (AvgIpc) is 2.88. The maximum absolute atomic E-state index is 11.7. The van der Waals surface area contributed by atoms with Crippen molar-refractivity contribution >= 4 is 38.6 Å². The van der Waals surface area contributed by atoms with Gasteiger partial charge in [0.2, 0.25) is 5.95 Å². The van der Waals surface area contributed by atoms with Crippen LogP contribution in [0.4, 0.5) is 11.1 Å². The van der Waals surface area contributed by atoms with E-state index in [2.05, 4.69) is 20.3 Å². The Balaban J connectivity index is 1.83. The molecule has 0 amide bonds. The molecule has 0 spiro atoms. The number of esters is 1. The highest BCUT2D eigenvalue weighted by Crippen LogP contribution is 2.26. The molecule has 0 aliphatic rings. The fraction of sp³-hybridized carbons (Fsp3) is 0.200. The van der Waals surface area contributed by atoms with E-state index in [1.54, 1.807) is 6.92 Å². The molecular weight excluding hydrogens is 316 g/mol. The van der Waals surface area contributed by atoms with Crippen molar-refractivity contribution in [2.24, 2.45) is 0 Å². The Morgan fingerprint density at radius 3 is 2.96 bits per heavy atom. The molecule has 3 aromatic rings. The van der Waals surface area contributed by atoms with Gasteiger partial charge in [0.15, 0.2) is 5.13 Å². The number of benzene rings is 1. The number of thiazole rings is 1. The lowest BCUT2D eigenvalue weighted by Crippen LogP contribution is -2.15. The van der Waals surface area contributed by atoms with Gasteiger partial charge in [0.05, 0.1) is 23.2 Å². The summed E-state index contributed by atoms with van der Waals surface area (Å²) in [5, 5.41) is 3.58. The predicted molar refractivity (Wildman–Crippen MR) is 88.1 cm³/mol. The molecule has 0 bridgehead atoms. The van der Waals surface area contributed by atoms with Crippen molar-refractivity contribution in [3.63, 3.8) is 0 Å². The second-order valence-corrected chi connectivity index (χ2v) is 5.72. The number of ether oxygens (including phenoxy) is 1. The van der Waals surface area contributed by atoms with Gasteiger partial charge in [0.1, 0.15) is 0 Å². The molecular formula is C15H14N4O3S. The van der Waals surface area contributed by atoms with E-state index >= 15 is 0 Å². The van der Waals surface area contributed by atoms with Gasteiger partial charge in [0, 0.05) is 11.8 Å². The minimum atomic E-state index is -0.438. The SMILES string of the molecule is CCOC(=O)Cc1cc(=O)nc(Nc2nc3ccccc3s2)[nH]1. The Morgan fingerprint density at radius 1 is 1.35 bits per heavy atom. The first-order valence-electron chi connectivity index (χ1n) is 7.02. The number of H-pyrrole nitrogens is 1. The number of para-hydroxylation sites is 1. The molecule has 2 N–H and O–H groups in total. The van der Waals surface area contributed by atoms with Crippen molar-refractivity contribution in [2.75, 3.05) is 11.9 Å².